The number of aromatic nitrogens is 2. The Morgan fingerprint density at radius 2 is 2.23 bits per heavy atom. The van der Waals surface area contributed by atoms with E-state index in [9.17, 15) is 14.5 Å². The second-order valence-electron chi connectivity index (χ2n) is 5.09. The number of nitrogens with zero attached hydrogens (tertiary/aromatic N) is 3. The second kappa shape index (κ2) is 6.45. The molecule has 1 aliphatic rings. The molecule has 2 heterocycles. The molecule has 10 nitrogen and oxygen atoms in total. The summed E-state index contributed by atoms with van der Waals surface area (Å²) in [6.45, 7) is -0.438. The number of phosphoric acid groups is 1. The Morgan fingerprint density at radius 1 is 1.55 bits per heavy atom. The zero-order chi connectivity index (χ0) is 16.5. The van der Waals surface area contributed by atoms with E-state index >= 15 is 0 Å². The summed E-state index contributed by atoms with van der Waals surface area (Å²) < 4.78 is 22.2. The predicted molar refractivity (Wildman–Crippen MR) is 75.4 cm³/mol. The van der Waals surface area contributed by atoms with Gasteiger partial charge in [0.25, 0.3) is 5.56 Å². The van der Waals surface area contributed by atoms with E-state index in [0.717, 1.165) is 0 Å². The van der Waals surface area contributed by atoms with E-state index in [2.05, 4.69) is 9.51 Å². The number of aliphatic hydroxyl groups excluding tert-OH is 1. The van der Waals surface area contributed by atoms with Crippen LogP contribution in [-0.2, 0) is 13.8 Å². The van der Waals surface area contributed by atoms with Gasteiger partial charge in [-0.05, 0) is 0 Å². The van der Waals surface area contributed by atoms with E-state index < -0.39 is 38.4 Å². The molecular weight excluding hydrogens is 317 g/mol. The van der Waals surface area contributed by atoms with Crippen LogP contribution in [0.3, 0.4) is 0 Å². The maximum atomic E-state index is 11.4. The molecule has 11 heteroatoms. The number of rotatable bonds is 5. The van der Waals surface area contributed by atoms with E-state index in [4.69, 9.17) is 14.5 Å². The molecule has 0 amide bonds. The third kappa shape index (κ3) is 4.13. The van der Waals surface area contributed by atoms with Gasteiger partial charge in [-0.2, -0.15) is 4.98 Å². The van der Waals surface area contributed by atoms with E-state index in [-0.39, 0.29) is 6.42 Å². The van der Waals surface area contributed by atoms with Crippen LogP contribution in [0.25, 0.3) is 0 Å². The Bertz CT molecular complexity index is 628. The molecule has 0 aliphatic carbocycles. The molecule has 2 rings (SSSR count). The zero-order valence-electron chi connectivity index (χ0n) is 12.1. The second-order valence-corrected chi connectivity index (χ2v) is 6.33. The molecule has 0 aromatic carbocycles. The summed E-state index contributed by atoms with van der Waals surface area (Å²) in [7, 11) is -1.22. The number of phosphoric ester groups is 1. The van der Waals surface area contributed by atoms with Crippen LogP contribution in [0.5, 0.6) is 0 Å². The summed E-state index contributed by atoms with van der Waals surface area (Å²) >= 11 is 0. The van der Waals surface area contributed by atoms with Gasteiger partial charge in [0.2, 0.25) is 5.95 Å². The van der Waals surface area contributed by atoms with Gasteiger partial charge in [0.05, 0.1) is 12.7 Å². The van der Waals surface area contributed by atoms with Crippen molar-refractivity contribution < 1.29 is 28.7 Å². The summed E-state index contributed by atoms with van der Waals surface area (Å²) in [6.07, 6.45) is -0.779. The minimum Gasteiger partial charge on any atom is -0.390 e. The van der Waals surface area contributed by atoms with E-state index in [1.54, 1.807) is 23.6 Å². The highest BCUT2D eigenvalue weighted by molar-refractivity contribution is 7.46. The lowest BCUT2D eigenvalue weighted by Gasteiger charge is -2.22. The third-order valence-corrected chi connectivity index (χ3v) is 3.63. The Balaban J connectivity index is 2.15. The van der Waals surface area contributed by atoms with Crippen LogP contribution in [0.15, 0.2) is 17.1 Å². The summed E-state index contributed by atoms with van der Waals surface area (Å²) in [5.74, 6) is 0.348. The topological polar surface area (TPSA) is 134 Å². The van der Waals surface area contributed by atoms with Crippen LogP contribution in [0, 0.1) is 0 Å². The van der Waals surface area contributed by atoms with Gasteiger partial charge in [0.1, 0.15) is 12.3 Å². The molecule has 0 saturated carbocycles. The smallest absolute Gasteiger partial charge is 0.390 e. The first-order valence-corrected chi connectivity index (χ1v) is 8.00. The fraction of sp³-hybridized carbons (Fsp3) is 0.636. The minimum absolute atomic E-state index is 0.181. The van der Waals surface area contributed by atoms with Gasteiger partial charge in [0, 0.05) is 32.8 Å². The standard InChI is InChI=1S/C11H18N3O7P/c1-13(2)11-12-9(16)3-4-14(11)10-5-7(15)8(21-10)6-20-22(17,18)19/h3-4,7-8,10,15H,5-6H2,1-2H3,(H2,17,18,19)/t7-,8+,10+/m0/s1. The molecule has 0 spiro atoms. The van der Waals surface area contributed by atoms with Crippen molar-refractivity contribution in [2.45, 2.75) is 24.9 Å². The fourth-order valence-electron chi connectivity index (χ4n) is 2.17. The molecule has 1 aromatic rings. The van der Waals surface area contributed by atoms with Crippen molar-refractivity contribution in [3.8, 4) is 0 Å². The van der Waals surface area contributed by atoms with E-state index in [0.29, 0.717) is 5.95 Å². The van der Waals surface area contributed by atoms with Crippen LogP contribution < -0.4 is 10.5 Å². The number of aliphatic hydroxyl groups is 1. The van der Waals surface area contributed by atoms with Gasteiger partial charge in [-0.1, -0.05) is 0 Å². The molecule has 22 heavy (non-hydrogen) atoms. The van der Waals surface area contributed by atoms with Crippen LogP contribution in [0.4, 0.5) is 5.95 Å². The molecule has 0 bridgehead atoms. The molecule has 124 valence electrons. The lowest BCUT2D eigenvalue weighted by molar-refractivity contribution is -0.0434. The third-order valence-electron chi connectivity index (χ3n) is 3.14. The molecule has 1 saturated heterocycles. The quantitative estimate of drug-likeness (QED) is 0.583. The highest BCUT2D eigenvalue weighted by Crippen LogP contribution is 2.38. The maximum Gasteiger partial charge on any atom is 0.469 e. The van der Waals surface area contributed by atoms with Crippen molar-refractivity contribution >= 4 is 13.8 Å². The fourth-order valence-corrected chi connectivity index (χ4v) is 2.51. The largest absolute Gasteiger partial charge is 0.469 e. The van der Waals surface area contributed by atoms with Gasteiger partial charge < -0.3 is 24.5 Å². The number of hydrogen-bond donors (Lipinski definition) is 3. The van der Waals surface area contributed by atoms with Gasteiger partial charge in [-0.3, -0.25) is 13.9 Å². The first-order chi connectivity index (χ1) is 10.2. The van der Waals surface area contributed by atoms with Crippen LogP contribution in [-0.4, -0.2) is 57.4 Å². The molecule has 1 fully saturated rings. The number of ether oxygens (including phenoxy) is 1. The summed E-state index contributed by atoms with van der Waals surface area (Å²) in [6, 6.07) is 1.27. The zero-order valence-corrected chi connectivity index (χ0v) is 13.0. The van der Waals surface area contributed by atoms with Crippen molar-refractivity contribution in [3.05, 3.63) is 22.6 Å². The van der Waals surface area contributed by atoms with Crippen molar-refractivity contribution in [2.24, 2.45) is 0 Å². The Kier molecular flexibility index (Phi) is 5.00. The van der Waals surface area contributed by atoms with Gasteiger partial charge >= 0.3 is 7.82 Å². The Morgan fingerprint density at radius 3 is 2.82 bits per heavy atom. The van der Waals surface area contributed by atoms with Gasteiger partial charge in [-0.15, -0.1) is 0 Å². The minimum atomic E-state index is -4.63. The molecule has 1 aromatic heterocycles. The average Bonchev–Trinajstić information content (AvgIpc) is 2.76. The molecule has 0 radical (unpaired) electrons. The first-order valence-electron chi connectivity index (χ1n) is 6.47. The highest BCUT2D eigenvalue weighted by atomic mass is 31.2. The van der Waals surface area contributed by atoms with Gasteiger partial charge in [0.15, 0.2) is 0 Å². The van der Waals surface area contributed by atoms with Crippen molar-refractivity contribution in [1.29, 1.82) is 0 Å². The lowest BCUT2D eigenvalue weighted by atomic mass is 10.2. The van der Waals surface area contributed by atoms with E-state index in [1.807, 2.05) is 0 Å². The average molecular weight is 335 g/mol. The first kappa shape index (κ1) is 17.1. The number of hydrogen-bond acceptors (Lipinski definition) is 7. The highest BCUT2D eigenvalue weighted by Gasteiger charge is 2.37. The van der Waals surface area contributed by atoms with E-state index in [1.165, 1.54) is 12.3 Å². The van der Waals surface area contributed by atoms with Crippen molar-refractivity contribution in [3.63, 3.8) is 0 Å². The molecule has 3 N–H and O–H groups in total. The molecule has 0 unspecified atom stereocenters. The number of anilines is 1. The Labute approximate surface area is 126 Å². The molecule has 1 aliphatic heterocycles. The maximum absolute atomic E-state index is 11.4. The van der Waals surface area contributed by atoms with Crippen LogP contribution >= 0.6 is 7.82 Å². The normalized spacial score (nSPS) is 25.4. The van der Waals surface area contributed by atoms with Crippen LogP contribution in [0.1, 0.15) is 12.6 Å². The summed E-state index contributed by atoms with van der Waals surface area (Å²) in [5.41, 5.74) is -0.403. The summed E-state index contributed by atoms with van der Waals surface area (Å²) in [5, 5.41) is 9.93. The SMILES string of the molecule is CN(C)c1nc(=O)ccn1[C@H]1C[C@H](O)[C@@H](COP(=O)(O)O)O1. The molecular formula is C11H18N3O7P. The summed E-state index contributed by atoms with van der Waals surface area (Å²) in [4.78, 5) is 34.2. The van der Waals surface area contributed by atoms with Gasteiger partial charge in [-0.25, -0.2) is 4.57 Å². The lowest BCUT2D eigenvalue weighted by Crippen LogP contribution is -2.26. The van der Waals surface area contributed by atoms with Crippen molar-refractivity contribution in [1.82, 2.24) is 9.55 Å². The monoisotopic (exact) mass is 335 g/mol. The van der Waals surface area contributed by atoms with Crippen molar-refractivity contribution in [2.75, 3.05) is 25.6 Å². The predicted octanol–water partition coefficient (Wildman–Crippen LogP) is -0.933. The Hall–Kier alpha value is -1.29. The molecule has 3 atom stereocenters. The van der Waals surface area contributed by atoms with Crippen LogP contribution in [0.2, 0.25) is 0 Å².